The van der Waals surface area contributed by atoms with E-state index < -0.39 is 0 Å². The standard InChI is InChI=1S/C18H25N3O2/c1-14(2)10-13-22-16-8-11-21(12-9-16)18-19-17(23-20-18)15-6-4-3-5-7-15/h3-7,14,16H,8-13H2,1-2H3. The first-order valence-electron chi connectivity index (χ1n) is 8.48. The minimum atomic E-state index is 0.366. The molecule has 1 aromatic heterocycles. The van der Waals surface area contributed by atoms with E-state index in [1.807, 2.05) is 30.3 Å². The molecule has 1 saturated heterocycles. The van der Waals surface area contributed by atoms with Crippen molar-refractivity contribution in [1.29, 1.82) is 0 Å². The van der Waals surface area contributed by atoms with Crippen molar-refractivity contribution < 1.29 is 9.26 Å². The number of benzene rings is 1. The van der Waals surface area contributed by atoms with Crippen molar-refractivity contribution in [3.8, 4) is 11.5 Å². The van der Waals surface area contributed by atoms with Gasteiger partial charge in [-0.1, -0.05) is 32.0 Å². The Balaban J connectivity index is 1.51. The molecule has 2 aromatic rings. The summed E-state index contributed by atoms with van der Waals surface area (Å²) in [6.07, 6.45) is 3.54. The molecule has 1 aliphatic heterocycles. The van der Waals surface area contributed by atoms with Crippen LogP contribution in [-0.4, -0.2) is 35.9 Å². The van der Waals surface area contributed by atoms with Crippen LogP contribution in [0.15, 0.2) is 34.9 Å². The van der Waals surface area contributed by atoms with Crippen molar-refractivity contribution in [2.24, 2.45) is 5.92 Å². The van der Waals surface area contributed by atoms with Gasteiger partial charge in [0.05, 0.1) is 6.10 Å². The third-order valence-electron chi connectivity index (χ3n) is 4.21. The highest BCUT2D eigenvalue weighted by molar-refractivity contribution is 5.54. The van der Waals surface area contributed by atoms with Gasteiger partial charge in [0, 0.05) is 25.3 Å². The molecule has 0 unspecified atom stereocenters. The zero-order valence-electron chi connectivity index (χ0n) is 13.9. The molecule has 0 aliphatic carbocycles. The van der Waals surface area contributed by atoms with Gasteiger partial charge in [-0.2, -0.15) is 4.98 Å². The molecule has 0 spiro atoms. The van der Waals surface area contributed by atoms with Crippen LogP contribution in [0.2, 0.25) is 0 Å². The number of ether oxygens (including phenoxy) is 1. The fourth-order valence-electron chi connectivity index (χ4n) is 2.74. The second-order valence-electron chi connectivity index (χ2n) is 6.51. The van der Waals surface area contributed by atoms with Gasteiger partial charge < -0.3 is 14.2 Å². The van der Waals surface area contributed by atoms with Crippen LogP contribution in [0.4, 0.5) is 5.95 Å². The number of piperidine rings is 1. The summed E-state index contributed by atoms with van der Waals surface area (Å²) < 4.78 is 11.3. The Morgan fingerprint density at radius 3 is 2.65 bits per heavy atom. The lowest BCUT2D eigenvalue weighted by Gasteiger charge is -2.30. The molecule has 0 bridgehead atoms. The first kappa shape index (κ1) is 16.0. The molecule has 0 saturated carbocycles. The number of aromatic nitrogens is 2. The molecule has 5 nitrogen and oxygen atoms in total. The number of hydrogen-bond acceptors (Lipinski definition) is 5. The number of nitrogens with zero attached hydrogens (tertiary/aromatic N) is 3. The van der Waals surface area contributed by atoms with E-state index in [9.17, 15) is 0 Å². The number of anilines is 1. The van der Waals surface area contributed by atoms with Gasteiger partial charge in [0.2, 0.25) is 0 Å². The lowest BCUT2D eigenvalue weighted by atomic mass is 10.1. The van der Waals surface area contributed by atoms with Crippen LogP contribution in [-0.2, 0) is 4.74 Å². The maximum Gasteiger partial charge on any atom is 0.266 e. The Morgan fingerprint density at radius 2 is 1.96 bits per heavy atom. The summed E-state index contributed by atoms with van der Waals surface area (Å²) in [6.45, 7) is 7.15. The van der Waals surface area contributed by atoms with E-state index in [4.69, 9.17) is 9.26 Å². The predicted octanol–water partition coefficient (Wildman–Crippen LogP) is 3.77. The third-order valence-corrected chi connectivity index (χ3v) is 4.21. The van der Waals surface area contributed by atoms with Crippen LogP contribution < -0.4 is 4.90 Å². The van der Waals surface area contributed by atoms with Gasteiger partial charge in [-0.15, -0.1) is 0 Å². The van der Waals surface area contributed by atoms with Crippen molar-refractivity contribution >= 4 is 5.95 Å². The SMILES string of the molecule is CC(C)CCOC1CCN(c2noc(-c3ccccc3)n2)CC1. The largest absolute Gasteiger partial charge is 0.378 e. The van der Waals surface area contributed by atoms with Gasteiger partial charge in [0.25, 0.3) is 11.8 Å². The summed E-state index contributed by atoms with van der Waals surface area (Å²) in [5, 5.41) is 4.13. The fourth-order valence-corrected chi connectivity index (χ4v) is 2.74. The summed E-state index contributed by atoms with van der Waals surface area (Å²) in [6, 6.07) is 9.88. The van der Waals surface area contributed by atoms with Gasteiger partial charge in [-0.3, -0.25) is 0 Å². The zero-order valence-corrected chi connectivity index (χ0v) is 13.9. The van der Waals surface area contributed by atoms with E-state index in [2.05, 4.69) is 28.9 Å². The maximum atomic E-state index is 5.96. The molecular weight excluding hydrogens is 290 g/mol. The summed E-state index contributed by atoms with van der Waals surface area (Å²) in [4.78, 5) is 6.70. The Morgan fingerprint density at radius 1 is 1.22 bits per heavy atom. The van der Waals surface area contributed by atoms with E-state index in [0.717, 1.165) is 44.5 Å². The van der Waals surface area contributed by atoms with Crippen molar-refractivity contribution in [2.75, 3.05) is 24.6 Å². The van der Waals surface area contributed by atoms with Crippen molar-refractivity contribution in [2.45, 2.75) is 39.2 Å². The van der Waals surface area contributed by atoms with Crippen molar-refractivity contribution in [3.63, 3.8) is 0 Å². The molecule has 5 heteroatoms. The molecular formula is C18H25N3O2. The predicted molar refractivity (Wildman–Crippen MR) is 90.4 cm³/mol. The van der Waals surface area contributed by atoms with Crippen LogP contribution in [0, 0.1) is 5.92 Å². The molecule has 1 fully saturated rings. The molecule has 0 atom stereocenters. The fraction of sp³-hybridized carbons (Fsp3) is 0.556. The third kappa shape index (κ3) is 4.32. The average Bonchev–Trinajstić information content (AvgIpc) is 3.06. The summed E-state index contributed by atoms with van der Waals surface area (Å²) in [5.74, 6) is 1.96. The van der Waals surface area contributed by atoms with Crippen molar-refractivity contribution in [3.05, 3.63) is 30.3 Å². The van der Waals surface area contributed by atoms with E-state index in [1.165, 1.54) is 0 Å². The highest BCUT2D eigenvalue weighted by Gasteiger charge is 2.23. The summed E-state index contributed by atoms with van der Waals surface area (Å²) in [5.41, 5.74) is 0.957. The Labute approximate surface area is 137 Å². The van der Waals surface area contributed by atoms with Crippen LogP contribution in [0.1, 0.15) is 33.1 Å². The van der Waals surface area contributed by atoms with Crippen molar-refractivity contribution in [1.82, 2.24) is 10.1 Å². The minimum absolute atomic E-state index is 0.366. The molecule has 124 valence electrons. The van der Waals surface area contributed by atoms with Crippen LogP contribution in [0.3, 0.4) is 0 Å². The van der Waals surface area contributed by atoms with Gasteiger partial charge in [-0.25, -0.2) is 0 Å². The van der Waals surface area contributed by atoms with Gasteiger partial charge >= 0.3 is 0 Å². The van der Waals surface area contributed by atoms with Crippen LogP contribution >= 0.6 is 0 Å². The second kappa shape index (κ2) is 7.59. The van der Waals surface area contributed by atoms with Gasteiger partial charge in [0.1, 0.15) is 0 Å². The average molecular weight is 315 g/mol. The quantitative estimate of drug-likeness (QED) is 0.812. The van der Waals surface area contributed by atoms with E-state index in [0.29, 0.717) is 23.9 Å². The van der Waals surface area contributed by atoms with Crippen LogP contribution in [0.25, 0.3) is 11.5 Å². The van der Waals surface area contributed by atoms with E-state index in [-0.39, 0.29) is 0 Å². The molecule has 23 heavy (non-hydrogen) atoms. The molecule has 3 rings (SSSR count). The summed E-state index contributed by atoms with van der Waals surface area (Å²) >= 11 is 0. The molecule has 2 heterocycles. The molecule has 0 radical (unpaired) electrons. The minimum Gasteiger partial charge on any atom is -0.378 e. The molecule has 1 aromatic carbocycles. The first-order chi connectivity index (χ1) is 11.2. The molecule has 0 N–H and O–H groups in total. The van der Waals surface area contributed by atoms with E-state index in [1.54, 1.807) is 0 Å². The number of hydrogen-bond donors (Lipinski definition) is 0. The smallest absolute Gasteiger partial charge is 0.266 e. The highest BCUT2D eigenvalue weighted by Crippen LogP contribution is 2.23. The Bertz CT molecular complexity index is 589. The second-order valence-corrected chi connectivity index (χ2v) is 6.51. The van der Waals surface area contributed by atoms with Gasteiger partial charge in [0.15, 0.2) is 0 Å². The highest BCUT2D eigenvalue weighted by atomic mass is 16.5. The molecule has 0 amide bonds. The zero-order chi connectivity index (χ0) is 16.1. The first-order valence-corrected chi connectivity index (χ1v) is 8.48. The maximum absolute atomic E-state index is 5.96. The Hall–Kier alpha value is -1.88. The Kier molecular flexibility index (Phi) is 5.28. The topological polar surface area (TPSA) is 51.4 Å². The monoisotopic (exact) mass is 315 g/mol. The van der Waals surface area contributed by atoms with Gasteiger partial charge in [-0.05, 0) is 42.5 Å². The normalized spacial score (nSPS) is 16.2. The summed E-state index contributed by atoms with van der Waals surface area (Å²) in [7, 11) is 0. The molecule has 1 aliphatic rings. The lowest BCUT2D eigenvalue weighted by Crippen LogP contribution is -2.37. The lowest BCUT2D eigenvalue weighted by molar-refractivity contribution is 0.0310. The van der Waals surface area contributed by atoms with E-state index >= 15 is 0 Å². The number of rotatable bonds is 6. The van der Waals surface area contributed by atoms with Crippen LogP contribution in [0.5, 0.6) is 0 Å².